The molecule has 0 radical (unpaired) electrons. The fourth-order valence-corrected chi connectivity index (χ4v) is 2.53. The Kier molecular flexibility index (Phi) is 2.66. The van der Waals surface area contributed by atoms with Gasteiger partial charge >= 0.3 is 0 Å². The van der Waals surface area contributed by atoms with Crippen molar-refractivity contribution in [3.8, 4) is 0 Å². The molecule has 3 aliphatic rings. The maximum absolute atomic E-state index is 3.66. The van der Waals surface area contributed by atoms with E-state index < -0.39 is 0 Å². The van der Waals surface area contributed by atoms with Crippen LogP contribution in [0.4, 0.5) is 0 Å². The molecule has 3 heterocycles. The lowest BCUT2D eigenvalue weighted by atomic mass is 9.84. The van der Waals surface area contributed by atoms with Gasteiger partial charge in [-0.25, -0.2) is 0 Å². The lowest BCUT2D eigenvalue weighted by Crippen LogP contribution is -2.56. The van der Waals surface area contributed by atoms with Crippen LogP contribution in [0.25, 0.3) is 0 Å². The van der Waals surface area contributed by atoms with Crippen molar-refractivity contribution >= 4 is 0 Å². The minimum atomic E-state index is 0.812. The molecular weight excluding hydrogens is 148 g/mol. The van der Waals surface area contributed by atoms with Crippen molar-refractivity contribution in [3.63, 3.8) is 0 Å². The van der Waals surface area contributed by atoms with E-state index in [9.17, 15) is 0 Å². The molecule has 3 saturated heterocycles. The molecule has 0 aliphatic carbocycles. The molecule has 1 unspecified atom stereocenters. The molecule has 2 heteroatoms. The quantitative estimate of drug-likeness (QED) is 0.678. The van der Waals surface area contributed by atoms with E-state index in [1.165, 1.54) is 45.4 Å². The average molecular weight is 168 g/mol. The molecule has 2 nitrogen and oxygen atoms in total. The third-order valence-corrected chi connectivity index (χ3v) is 3.31. The molecule has 0 aromatic carbocycles. The SMILES string of the molecule is CCCNC1CN2CCC1CC2. The molecule has 0 amide bonds. The summed E-state index contributed by atoms with van der Waals surface area (Å²) in [6.07, 6.45) is 4.13. The van der Waals surface area contributed by atoms with Gasteiger partial charge in [0.1, 0.15) is 0 Å². The fourth-order valence-electron chi connectivity index (χ4n) is 2.53. The number of nitrogens with zero attached hydrogens (tertiary/aromatic N) is 1. The Morgan fingerprint density at radius 3 is 2.58 bits per heavy atom. The first kappa shape index (κ1) is 8.52. The molecular formula is C10H20N2. The van der Waals surface area contributed by atoms with Gasteiger partial charge in [-0.1, -0.05) is 6.92 Å². The Hall–Kier alpha value is -0.0800. The Bertz CT molecular complexity index is 139. The maximum atomic E-state index is 3.66. The van der Waals surface area contributed by atoms with E-state index in [1.807, 2.05) is 0 Å². The van der Waals surface area contributed by atoms with E-state index in [1.54, 1.807) is 0 Å². The first-order chi connectivity index (χ1) is 5.90. The molecule has 1 atom stereocenters. The zero-order chi connectivity index (χ0) is 8.39. The van der Waals surface area contributed by atoms with Crippen molar-refractivity contribution in [2.45, 2.75) is 32.2 Å². The highest BCUT2D eigenvalue weighted by molar-refractivity contribution is 4.90. The second-order valence-corrected chi connectivity index (χ2v) is 4.20. The highest BCUT2D eigenvalue weighted by Crippen LogP contribution is 2.27. The number of hydrogen-bond donors (Lipinski definition) is 1. The lowest BCUT2D eigenvalue weighted by Gasteiger charge is -2.45. The van der Waals surface area contributed by atoms with Crippen molar-refractivity contribution < 1.29 is 0 Å². The second kappa shape index (κ2) is 3.75. The van der Waals surface area contributed by atoms with E-state index in [-0.39, 0.29) is 0 Å². The molecule has 0 saturated carbocycles. The standard InChI is InChI=1S/C10H20N2/c1-2-5-11-10-8-12-6-3-9(10)4-7-12/h9-11H,2-8H2,1H3. The van der Waals surface area contributed by atoms with Crippen LogP contribution in [0.15, 0.2) is 0 Å². The molecule has 0 aromatic rings. The molecule has 70 valence electrons. The van der Waals surface area contributed by atoms with Gasteiger partial charge in [0.25, 0.3) is 0 Å². The number of rotatable bonds is 3. The van der Waals surface area contributed by atoms with Crippen molar-refractivity contribution in [1.82, 2.24) is 10.2 Å². The Balaban J connectivity index is 1.82. The Morgan fingerprint density at radius 2 is 2.08 bits per heavy atom. The van der Waals surface area contributed by atoms with Crippen LogP contribution in [0.3, 0.4) is 0 Å². The summed E-state index contributed by atoms with van der Waals surface area (Å²) in [4.78, 5) is 2.60. The smallest absolute Gasteiger partial charge is 0.0224 e. The number of hydrogen-bond acceptors (Lipinski definition) is 2. The van der Waals surface area contributed by atoms with Crippen LogP contribution in [0.2, 0.25) is 0 Å². The van der Waals surface area contributed by atoms with Crippen molar-refractivity contribution in [3.05, 3.63) is 0 Å². The van der Waals surface area contributed by atoms with Crippen LogP contribution in [-0.2, 0) is 0 Å². The summed E-state index contributed by atoms with van der Waals surface area (Å²) in [7, 11) is 0. The van der Waals surface area contributed by atoms with E-state index in [0.29, 0.717) is 0 Å². The molecule has 3 fully saturated rings. The lowest BCUT2D eigenvalue weighted by molar-refractivity contribution is 0.0730. The summed E-state index contributed by atoms with van der Waals surface area (Å²) >= 11 is 0. The summed E-state index contributed by atoms with van der Waals surface area (Å²) in [6.45, 7) is 7.47. The second-order valence-electron chi connectivity index (χ2n) is 4.20. The minimum Gasteiger partial charge on any atom is -0.312 e. The molecule has 3 rings (SSSR count). The van der Waals surface area contributed by atoms with E-state index >= 15 is 0 Å². The zero-order valence-corrected chi connectivity index (χ0v) is 8.05. The van der Waals surface area contributed by atoms with Gasteiger partial charge in [-0.3, -0.25) is 0 Å². The highest BCUT2D eigenvalue weighted by Gasteiger charge is 2.33. The van der Waals surface area contributed by atoms with Crippen molar-refractivity contribution in [2.24, 2.45) is 5.92 Å². The fraction of sp³-hybridized carbons (Fsp3) is 1.00. The van der Waals surface area contributed by atoms with Gasteiger partial charge in [-0.15, -0.1) is 0 Å². The van der Waals surface area contributed by atoms with Crippen LogP contribution in [0.5, 0.6) is 0 Å². The van der Waals surface area contributed by atoms with Gasteiger partial charge in [-0.05, 0) is 44.8 Å². The van der Waals surface area contributed by atoms with Gasteiger partial charge in [0.05, 0.1) is 0 Å². The van der Waals surface area contributed by atoms with Gasteiger partial charge in [-0.2, -0.15) is 0 Å². The zero-order valence-electron chi connectivity index (χ0n) is 8.05. The van der Waals surface area contributed by atoms with Crippen LogP contribution in [-0.4, -0.2) is 37.1 Å². The number of nitrogens with one attached hydrogen (secondary N) is 1. The Labute approximate surface area is 75.3 Å². The summed E-state index contributed by atoms with van der Waals surface area (Å²) < 4.78 is 0. The van der Waals surface area contributed by atoms with E-state index in [2.05, 4.69) is 17.1 Å². The van der Waals surface area contributed by atoms with E-state index in [4.69, 9.17) is 0 Å². The molecule has 1 N–H and O–H groups in total. The molecule has 0 aromatic heterocycles. The number of fused-ring (bicyclic) bond motifs is 3. The summed E-state index contributed by atoms with van der Waals surface area (Å²) in [5, 5.41) is 3.66. The average Bonchev–Trinajstić information content (AvgIpc) is 2.17. The van der Waals surface area contributed by atoms with Gasteiger partial charge in [0.2, 0.25) is 0 Å². The monoisotopic (exact) mass is 168 g/mol. The maximum Gasteiger partial charge on any atom is 0.0224 e. The molecule has 3 aliphatic heterocycles. The first-order valence-electron chi connectivity index (χ1n) is 5.36. The van der Waals surface area contributed by atoms with E-state index in [0.717, 1.165) is 12.0 Å². The predicted octanol–water partition coefficient (Wildman–Crippen LogP) is 1.08. The summed E-state index contributed by atoms with van der Waals surface area (Å²) in [5.41, 5.74) is 0. The summed E-state index contributed by atoms with van der Waals surface area (Å²) in [5.74, 6) is 0.988. The van der Waals surface area contributed by atoms with Gasteiger partial charge in [0.15, 0.2) is 0 Å². The van der Waals surface area contributed by atoms with Gasteiger partial charge < -0.3 is 10.2 Å². The van der Waals surface area contributed by atoms with Gasteiger partial charge in [0, 0.05) is 12.6 Å². The van der Waals surface area contributed by atoms with Crippen LogP contribution < -0.4 is 5.32 Å². The molecule has 0 spiro atoms. The van der Waals surface area contributed by atoms with Crippen molar-refractivity contribution in [2.75, 3.05) is 26.2 Å². The predicted molar refractivity (Wildman–Crippen MR) is 51.2 cm³/mol. The Morgan fingerprint density at radius 1 is 1.33 bits per heavy atom. The minimum absolute atomic E-state index is 0.812. The van der Waals surface area contributed by atoms with Crippen LogP contribution in [0, 0.1) is 5.92 Å². The van der Waals surface area contributed by atoms with Crippen LogP contribution in [0.1, 0.15) is 26.2 Å². The highest BCUT2D eigenvalue weighted by atomic mass is 15.2. The van der Waals surface area contributed by atoms with Crippen molar-refractivity contribution in [1.29, 1.82) is 0 Å². The normalized spacial score (nSPS) is 40.2. The first-order valence-corrected chi connectivity index (χ1v) is 5.36. The third-order valence-electron chi connectivity index (χ3n) is 3.31. The summed E-state index contributed by atoms with van der Waals surface area (Å²) in [6, 6.07) is 0.812. The van der Waals surface area contributed by atoms with Crippen LogP contribution >= 0.6 is 0 Å². The molecule has 2 bridgehead atoms. The molecule has 12 heavy (non-hydrogen) atoms. The topological polar surface area (TPSA) is 15.3 Å². The third kappa shape index (κ3) is 1.64. The number of piperidine rings is 3. The largest absolute Gasteiger partial charge is 0.312 e.